The molecule has 2 aromatic carbocycles. The minimum absolute atomic E-state index is 0.0368. The van der Waals surface area contributed by atoms with E-state index >= 15 is 0 Å². The number of hydrogen-bond acceptors (Lipinski definition) is 34. The van der Waals surface area contributed by atoms with Gasteiger partial charge in [-0.15, -0.1) is 0 Å². The van der Waals surface area contributed by atoms with E-state index in [4.69, 9.17) is 67.3 Å². The molecule has 1 amide bonds. The summed E-state index contributed by atoms with van der Waals surface area (Å²) in [4.78, 5) is 168. The Hall–Kier alpha value is -10.5. The molecule has 0 radical (unpaired) electrons. The molecule has 0 bridgehead atoms. The maximum Gasteiger partial charge on any atom is 0.519 e. The number of hydrogen-bond donors (Lipinski definition) is 8. The first-order valence-electron chi connectivity index (χ1n) is 48.2. The van der Waals surface area contributed by atoms with Crippen molar-refractivity contribution in [3.63, 3.8) is 0 Å². The average Bonchev–Trinajstić information content (AvgIpc) is 1.53. The van der Waals surface area contributed by atoms with Gasteiger partial charge >= 0.3 is 78.1 Å². The lowest BCUT2D eigenvalue weighted by molar-refractivity contribution is -0.212. The van der Waals surface area contributed by atoms with Crippen molar-refractivity contribution in [2.24, 2.45) is 17.6 Å². The van der Waals surface area contributed by atoms with Crippen molar-refractivity contribution >= 4 is 78.1 Å². The summed E-state index contributed by atoms with van der Waals surface area (Å²) in [6.07, 6.45) is 1.86. The van der Waals surface area contributed by atoms with E-state index in [9.17, 15) is 93.0 Å². The molecule has 35 heteroatoms. The summed E-state index contributed by atoms with van der Waals surface area (Å²) in [5.74, 6) is -10.4. The highest BCUT2D eigenvalue weighted by Gasteiger charge is 2.78. The molecule has 0 aromatic heterocycles. The van der Waals surface area contributed by atoms with Crippen molar-refractivity contribution < 1.29 is 159 Å². The first-order chi connectivity index (χ1) is 64.2. The lowest BCUT2D eigenvalue weighted by atomic mass is 9.75. The van der Waals surface area contributed by atoms with Crippen molar-refractivity contribution in [3.8, 4) is 11.5 Å². The van der Waals surface area contributed by atoms with Gasteiger partial charge in [-0.05, 0) is 259 Å². The summed E-state index contributed by atoms with van der Waals surface area (Å²) < 4.78 is 79.0. The number of aromatic hydroxyl groups is 2. The van der Waals surface area contributed by atoms with Crippen LogP contribution in [0.15, 0.2) is 82.0 Å². The molecule has 2 heterocycles. The normalized spacial score (nSPS) is 26.5. The Balaban J connectivity index is 0.000000369. The number of rotatable bonds is 39. The van der Waals surface area contributed by atoms with Gasteiger partial charge in [-0.1, -0.05) is 114 Å². The van der Waals surface area contributed by atoms with Crippen LogP contribution in [-0.4, -0.2) is 221 Å². The third-order valence-corrected chi connectivity index (χ3v) is 25.5. The van der Waals surface area contributed by atoms with Gasteiger partial charge in [0.2, 0.25) is 0 Å². The number of alkyl carbamates (subject to hydrolysis) is 1. The second-order valence-electron chi connectivity index (χ2n) is 40.4. The Morgan fingerprint density at radius 1 is 0.464 bits per heavy atom. The number of unbranched alkanes of at least 4 members (excludes halogenated alkanes) is 12. The molecule has 4 aliphatic carbocycles. The summed E-state index contributed by atoms with van der Waals surface area (Å²) >= 11 is 0. The van der Waals surface area contributed by atoms with Gasteiger partial charge in [0.05, 0.1) is 11.8 Å². The molecule has 2 saturated heterocycles. The molecule has 4 fully saturated rings. The summed E-state index contributed by atoms with van der Waals surface area (Å²) in [7, 11) is 0. The number of phenols is 2. The third-order valence-electron chi connectivity index (χ3n) is 25.5. The molecule has 0 spiro atoms. The number of aryl methyl sites for hydroxylation is 4. The number of aliphatic hydroxyl groups is 4. The first-order valence-corrected chi connectivity index (χ1v) is 48.2. The second-order valence-corrected chi connectivity index (χ2v) is 40.4. The van der Waals surface area contributed by atoms with Crippen LogP contribution in [0.25, 0.3) is 0 Å². The fraction of sp³-hybridized carbons (Fsp3) is 0.680. The molecule has 772 valence electrons. The zero-order valence-corrected chi connectivity index (χ0v) is 85.0. The van der Waals surface area contributed by atoms with Crippen LogP contribution in [0.4, 0.5) is 14.4 Å². The van der Waals surface area contributed by atoms with Crippen LogP contribution < -0.4 is 11.1 Å². The van der Waals surface area contributed by atoms with Gasteiger partial charge in [0.1, 0.15) is 51.7 Å². The summed E-state index contributed by atoms with van der Waals surface area (Å²) in [5.41, 5.74) is -6.57. The molecule has 2 aliphatic heterocycles. The monoisotopic (exact) mass is 1950 g/mol. The fourth-order valence-corrected chi connectivity index (χ4v) is 18.2. The van der Waals surface area contributed by atoms with Crippen LogP contribution >= 0.6 is 0 Å². The Morgan fingerprint density at radius 3 is 1.15 bits per heavy atom. The van der Waals surface area contributed by atoms with Crippen molar-refractivity contribution in [2.45, 2.75) is 425 Å². The smallest absolute Gasteiger partial charge is 0.508 e. The van der Waals surface area contributed by atoms with Crippen molar-refractivity contribution in [1.29, 1.82) is 0 Å². The minimum atomic E-state index is -2.69. The standard InChI is InChI=1S/C49H71NO15.C44H63NO13.C10H18O5/c1-11-13-14-15-18-21-36(53)61-41-39-38(30(4)40(41)62-43(55)29(3)12-2)42-49(59,48(10,58)44(56)63-42)35(28-47(39,9)64-31(5)51)60-37(54)25-23-32-22-24-34(52)33(27-32)20-17-16-19-26-50-45(57)65-46(6,7)8;1-8-10-11-12-15-18-33(48)55-38-36-35(27(4)37(38)56-40(50)26(3)9-2)39-44(53,43(7,52)41(51)57-39)32(25-42(36,6)58-28(5)46)54-34(49)22-20-29-19-21-31(47)30(24-29)17-14-13-16-23-45;1-9(2,3)14-7(11)13-8(12)15-10(4,5)6/h12,22,24,27,35,39-42,52,58-59H,11,13-21,23,25-26,28H2,1-10H3,(H,50,57);9,19,21,24,32,36-39,47,52-53H,8,10-18,20,22-23,25,45H2,1-7H3;1-6H3/b29-12-;26-9-;/t35?,39-,40?,41+,42+,47+,48-,49-;32?,36-,37?,38+,39+,42+,43-,44-;/m11./s1. The van der Waals surface area contributed by atoms with Crippen LogP contribution in [0, 0.1) is 11.8 Å². The summed E-state index contributed by atoms with van der Waals surface area (Å²) in [5, 5.41) is 72.9. The first kappa shape index (κ1) is 116. The van der Waals surface area contributed by atoms with Gasteiger partial charge in [0.15, 0.2) is 59.0 Å². The molecule has 8 rings (SSSR count). The van der Waals surface area contributed by atoms with E-state index in [1.807, 2.05) is 6.07 Å². The Kier molecular flexibility index (Phi) is 42.2. The number of ether oxygens (including phenoxy) is 14. The van der Waals surface area contributed by atoms with Crippen molar-refractivity contribution in [2.75, 3.05) is 13.1 Å². The average molecular weight is 1950 g/mol. The SMILES string of the molecule is C/C=C(/C)C(=O)OC1C(C)=C2[C@H]([C@@H]1OC(=O)CCCCCCC)[C@@](C)(OC(C)=O)CC(OC(=O)CCc1ccc(O)c(CCCCCN)c1)[C@@]1(O)[C@H]2OC(=O)[C@@]1(C)O.C/C=C(/C)C(=O)OC1C(C)=C2[C@H]([C@@H]1OC(=O)CCCCCCC)[C@@](C)(OC(C)=O)CC(OC(=O)CCc1ccc(O)c(CCCCCNC(=O)OC(C)(C)C)c1)[C@@]1(O)[C@H]2OC(=O)[C@@]1(C)O.CC(C)(C)OC(=O)OC(=O)OC(C)(C)C. The second kappa shape index (κ2) is 50.1. The van der Waals surface area contributed by atoms with Gasteiger partial charge < -0.3 is 108 Å². The van der Waals surface area contributed by atoms with Gasteiger partial charge in [-0.3, -0.25) is 28.8 Å². The fourth-order valence-electron chi connectivity index (χ4n) is 18.2. The number of fused-ring (bicyclic) bond motifs is 6. The van der Waals surface area contributed by atoms with E-state index in [0.29, 0.717) is 62.7 Å². The number of carbonyl (C=O) groups is 13. The molecule has 35 nitrogen and oxygen atoms in total. The van der Waals surface area contributed by atoms with Crippen LogP contribution in [0.1, 0.15) is 323 Å². The molecular formula is C103H152N2O33. The Morgan fingerprint density at radius 2 is 0.812 bits per heavy atom. The summed E-state index contributed by atoms with van der Waals surface area (Å²) in [6, 6.07) is 10.1. The molecule has 6 aliphatic rings. The number of amides is 1. The van der Waals surface area contributed by atoms with E-state index in [1.165, 1.54) is 26.8 Å². The predicted octanol–water partition coefficient (Wildman–Crippen LogP) is 14.7. The highest BCUT2D eigenvalue weighted by Crippen LogP contribution is 2.60. The molecule has 9 N–H and O–H groups in total. The number of esters is 10. The number of nitrogens with one attached hydrogen (secondary N) is 1. The lowest BCUT2D eigenvalue weighted by Gasteiger charge is -2.41. The number of carbonyl (C=O) groups excluding carboxylic acids is 13. The molecule has 4 unspecified atom stereocenters. The largest absolute Gasteiger partial charge is 0.519 e. The van der Waals surface area contributed by atoms with Crippen LogP contribution in [0.2, 0.25) is 0 Å². The number of benzene rings is 2. The third kappa shape index (κ3) is 30.8. The topological polar surface area (TPSA) is 511 Å². The lowest BCUT2D eigenvalue weighted by Crippen LogP contribution is -2.64. The Labute approximate surface area is 810 Å². The van der Waals surface area contributed by atoms with Crippen molar-refractivity contribution in [3.05, 3.63) is 104 Å². The number of allylic oxidation sites excluding steroid dienone is 2. The zero-order valence-electron chi connectivity index (χ0n) is 85.0. The molecule has 2 saturated carbocycles. The van der Waals surface area contributed by atoms with E-state index < -0.39 is 202 Å². The van der Waals surface area contributed by atoms with Gasteiger partial charge in [0, 0.05) is 70.1 Å². The number of nitrogens with two attached hydrogens (primary N) is 1. The van der Waals surface area contributed by atoms with Crippen LogP contribution in [-0.2, 0) is 140 Å². The van der Waals surface area contributed by atoms with Crippen molar-refractivity contribution in [1.82, 2.24) is 5.32 Å². The van der Waals surface area contributed by atoms with Crippen LogP contribution in [0.3, 0.4) is 0 Å². The zero-order chi connectivity index (χ0) is 104. The maximum atomic E-state index is 13.9. The summed E-state index contributed by atoms with van der Waals surface area (Å²) in [6.45, 7) is 37.6. The predicted molar refractivity (Wildman–Crippen MR) is 503 cm³/mol. The maximum absolute atomic E-state index is 13.9. The van der Waals surface area contributed by atoms with Gasteiger partial charge in [-0.2, -0.15) is 0 Å². The molecule has 16 atom stereocenters. The minimum Gasteiger partial charge on any atom is -0.508 e. The van der Waals surface area contributed by atoms with Gasteiger partial charge in [0.25, 0.3) is 0 Å². The number of phenolic OH excluding ortho intramolecular Hbond substituents is 2. The quantitative estimate of drug-likeness (QED) is 0.00769. The molecule has 2 aromatic rings. The van der Waals surface area contributed by atoms with Gasteiger partial charge in [-0.25, -0.2) is 33.6 Å². The highest BCUT2D eigenvalue weighted by molar-refractivity contribution is 5.90. The highest BCUT2D eigenvalue weighted by atomic mass is 16.8. The van der Waals surface area contributed by atoms with E-state index in [2.05, 4.69) is 23.9 Å². The van der Waals surface area contributed by atoms with E-state index in [-0.39, 0.29) is 83.5 Å². The van der Waals surface area contributed by atoms with E-state index in [0.717, 1.165) is 109 Å². The van der Waals surface area contributed by atoms with Crippen LogP contribution in [0.5, 0.6) is 11.5 Å². The van der Waals surface area contributed by atoms with E-state index in [1.54, 1.807) is 140 Å². The Bertz CT molecular complexity index is 4740. The molecule has 138 heavy (non-hydrogen) atoms. The molecular weight excluding hydrogens is 1790 g/mol.